The number of hydrogen-bond donors (Lipinski definition) is 1. The van der Waals surface area contributed by atoms with E-state index in [-0.39, 0.29) is 17.9 Å². The Morgan fingerprint density at radius 3 is 2.53 bits per heavy atom. The zero-order valence-corrected chi connectivity index (χ0v) is 17.6. The van der Waals surface area contributed by atoms with Crippen molar-refractivity contribution in [3.05, 3.63) is 65.5 Å². The number of nitrogens with zero attached hydrogens (tertiary/aromatic N) is 2. The van der Waals surface area contributed by atoms with Gasteiger partial charge in [-0.3, -0.25) is 9.78 Å². The highest BCUT2D eigenvalue weighted by atomic mass is 32.2. The molecule has 6 nitrogen and oxygen atoms in total. The van der Waals surface area contributed by atoms with Gasteiger partial charge in [0.15, 0.2) is 0 Å². The summed E-state index contributed by atoms with van der Waals surface area (Å²) in [5.41, 5.74) is -0.0704. The Kier molecular flexibility index (Phi) is 6.82. The van der Waals surface area contributed by atoms with Crippen LogP contribution in [0.3, 0.4) is 0 Å². The molecule has 1 fully saturated rings. The number of carbonyl (C=O) groups excluding carboxylic acids is 1. The summed E-state index contributed by atoms with van der Waals surface area (Å²) in [7, 11) is -3.31. The van der Waals surface area contributed by atoms with Gasteiger partial charge in [-0.15, -0.1) is 0 Å². The molecule has 1 aliphatic heterocycles. The van der Waals surface area contributed by atoms with Crippen molar-refractivity contribution in [2.45, 2.75) is 31.6 Å². The van der Waals surface area contributed by atoms with Crippen LogP contribution in [-0.4, -0.2) is 49.0 Å². The largest absolute Gasteiger partial charge is 0.351 e. The second-order valence-electron chi connectivity index (χ2n) is 7.52. The molecule has 30 heavy (non-hydrogen) atoms. The normalized spacial score (nSPS) is 16.9. The Morgan fingerprint density at radius 2 is 1.93 bits per heavy atom. The van der Waals surface area contributed by atoms with Crippen LogP contribution in [-0.2, 0) is 15.4 Å². The molecular formula is C21H25F2N3O3S. The predicted octanol–water partition coefficient (Wildman–Crippen LogP) is 2.86. The SMILES string of the molecule is CCCS(=O)(=O)N1CCC(CNC(=O)c2ccc(F)cc2F)(c2ccccn2)CC1. The minimum atomic E-state index is -3.31. The first-order valence-corrected chi connectivity index (χ1v) is 11.5. The minimum Gasteiger partial charge on any atom is -0.351 e. The highest BCUT2D eigenvalue weighted by Crippen LogP contribution is 2.35. The van der Waals surface area contributed by atoms with Crippen LogP contribution in [0.15, 0.2) is 42.6 Å². The number of pyridine rings is 1. The van der Waals surface area contributed by atoms with Gasteiger partial charge in [-0.25, -0.2) is 21.5 Å². The van der Waals surface area contributed by atoms with E-state index in [0.717, 1.165) is 17.8 Å². The van der Waals surface area contributed by atoms with Crippen molar-refractivity contribution in [3.63, 3.8) is 0 Å². The van der Waals surface area contributed by atoms with Gasteiger partial charge in [-0.1, -0.05) is 13.0 Å². The molecule has 0 radical (unpaired) electrons. The second kappa shape index (κ2) is 9.18. The van der Waals surface area contributed by atoms with E-state index in [4.69, 9.17) is 0 Å². The summed E-state index contributed by atoms with van der Waals surface area (Å²) < 4.78 is 53.4. The van der Waals surface area contributed by atoms with Crippen molar-refractivity contribution in [3.8, 4) is 0 Å². The van der Waals surface area contributed by atoms with E-state index in [2.05, 4.69) is 10.3 Å². The zero-order chi connectivity index (χ0) is 21.8. The predicted molar refractivity (Wildman–Crippen MR) is 109 cm³/mol. The van der Waals surface area contributed by atoms with Crippen LogP contribution in [0.1, 0.15) is 42.2 Å². The lowest BCUT2D eigenvalue weighted by atomic mass is 9.75. The Hall–Kier alpha value is -2.39. The number of carbonyl (C=O) groups is 1. The lowest BCUT2D eigenvalue weighted by molar-refractivity contribution is 0.0928. The maximum Gasteiger partial charge on any atom is 0.254 e. The maximum atomic E-state index is 14.0. The molecule has 2 aromatic rings. The summed E-state index contributed by atoms with van der Waals surface area (Å²) >= 11 is 0. The van der Waals surface area contributed by atoms with Gasteiger partial charge >= 0.3 is 0 Å². The van der Waals surface area contributed by atoms with E-state index in [9.17, 15) is 22.0 Å². The average Bonchev–Trinajstić information content (AvgIpc) is 2.73. The molecule has 9 heteroatoms. The molecular weight excluding hydrogens is 412 g/mol. The lowest BCUT2D eigenvalue weighted by Crippen LogP contribution is -2.51. The molecule has 162 valence electrons. The molecule has 0 atom stereocenters. The fourth-order valence-corrected chi connectivity index (χ4v) is 5.31. The molecule has 1 aliphatic rings. The first-order valence-electron chi connectivity index (χ1n) is 9.90. The van der Waals surface area contributed by atoms with Crippen LogP contribution < -0.4 is 5.32 Å². The van der Waals surface area contributed by atoms with E-state index < -0.39 is 33.0 Å². The quantitative estimate of drug-likeness (QED) is 0.723. The Morgan fingerprint density at radius 1 is 1.20 bits per heavy atom. The Bertz CT molecular complexity index is 992. The van der Waals surface area contributed by atoms with Crippen molar-refractivity contribution in [2.24, 2.45) is 0 Å². The third-order valence-electron chi connectivity index (χ3n) is 5.51. The molecule has 1 aromatic heterocycles. The molecule has 0 bridgehead atoms. The topological polar surface area (TPSA) is 79.4 Å². The van der Waals surface area contributed by atoms with E-state index in [0.29, 0.717) is 38.4 Å². The van der Waals surface area contributed by atoms with Gasteiger partial charge in [-0.05, 0) is 43.5 Å². The van der Waals surface area contributed by atoms with E-state index in [1.54, 1.807) is 12.3 Å². The Labute approximate surface area is 175 Å². The van der Waals surface area contributed by atoms with Gasteiger partial charge < -0.3 is 5.32 Å². The van der Waals surface area contributed by atoms with Gasteiger partial charge in [0.1, 0.15) is 11.6 Å². The molecule has 0 aliphatic carbocycles. The number of halogens is 2. The van der Waals surface area contributed by atoms with Crippen LogP contribution in [0, 0.1) is 11.6 Å². The zero-order valence-electron chi connectivity index (χ0n) is 16.8. The fourth-order valence-electron chi connectivity index (χ4n) is 3.80. The number of piperidine rings is 1. The smallest absolute Gasteiger partial charge is 0.254 e. The van der Waals surface area contributed by atoms with Crippen molar-refractivity contribution in [1.82, 2.24) is 14.6 Å². The molecule has 1 saturated heterocycles. The third kappa shape index (κ3) is 4.84. The van der Waals surface area contributed by atoms with Crippen LogP contribution in [0.4, 0.5) is 8.78 Å². The lowest BCUT2D eigenvalue weighted by Gasteiger charge is -2.41. The number of sulfonamides is 1. The maximum absolute atomic E-state index is 14.0. The highest BCUT2D eigenvalue weighted by Gasteiger charge is 2.40. The number of aromatic nitrogens is 1. The number of amides is 1. The molecule has 1 N–H and O–H groups in total. The number of rotatable bonds is 7. The van der Waals surface area contributed by atoms with Gasteiger partial charge in [0.2, 0.25) is 10.0 Å². The second-order valence-corrected chi connectivity index (χ2v) is 9.61. The van der Waals surface area contributed by atoms with Crippen LogP contribution in [0.5, 0.6) is 0 Å². The summed E-state index contributed by atoms with van der Waals surface area (Å²) in [4.78, 5) is 16.9. The highest BCUT2D eigenvalue weighted by molar-refractivity contribution is 7.89. The van der Waals surface area contributed by atoms with Crippen molar-refractivity contribution in [2.75, 3.05) is 25.4 Å². The fraction of sp³-hybridized carbons (Fsp3) is 0.429. The number of benzene rings is 1. The molecule has 1 amide bonds. The third-order valence-corrected chi connectivity index (χ3v) is 7.58. The number of nitrogens with one attached hydrogen (secondary N) is 1. The van der Waals surface area contributed by atoms with Crippen molar-refractivity contribution >= 4 is 15.9 Å². The van der Waals surface area contributed by atoms with E-state index in [1.807, 2.05) is 19.1 Å². The monoisotopic (exact) mass is 437 g/mol. The summed E-state index contributed by atoms with van der Waals surface area (Å²) in [6.45, 7) is 2.63. The molecule has 1 aromatic carbocycles. The first-order chi connectivity index (χ1) is 14.3. The van der Waals surface area contributed by atoms with Gasteiger partial charge in [0.25, 0.3) is 5.91 Å². The molecule has 3 rings (SSSR count). The summed E-state index contributed by atoms with van der Waals surface area (Å²) in [5, 5.41) is 2.74. The van der Waals surface area contributed by atoms with Crippen LogP contribution >= 0.6 is 0 Å². The van der Waals surface area contributed by atoms with E-state index >= 15 is 0 Å². The van der Waals surface area contributed by atoms with Crippen LogP contribution in [0.25, 0.3) is 0 Å². The van der Waals surface area contributed by atoms with Gasteiger partial charge in [-0.2, -0.15) is 0 Å². The average molecular weight is 438 g/mol. The molecule has 0 saturated carbocycles. The number of hydrogen-bond acceptors (Lipinski definition) is 4. The standard InChI is InChI=1S/C21H25F2N3O3S/c1-2-13-30(28,29)26-11-8-21(9-12-26,19-5-3-4-10-24-19)15-25-20(27)17-7-6-16(22)14-18(17)23/h3-7,10,14H,2,8-9,11-13,15H2,1H3,(H,25,27). The first kappa shape index (κ1) is 22.3. The van der Waals surface area contributed by atoms with Gasteiger partial charge in [0.05, 0.1) is 11.3 Å². The molecule has 2 heterocycles. The summed E-state index contributed by atoms with van der Waals surface area (Å²) in [5.74, 6) is -2.23. The molecule has 0 spiro atoms. The van der Waals surface area contributed by atoms with E-state index in [1.165, 1.54) is 4.31 Å². The van der Waals surface area contributed by atoms with Gasteiger partial charge in [0, 0.05) is 43.0 Å². The van der Waals surface area contributed by atoms with Crippen molar-refractivity contribution < 1.29 is 22.0 Å². The summed E-state index contributed by atoms with van der Waals surface area (Å²) in [6, 6.07) is 8.27. The van der Waals surface area contributed by atoms with Crippen molar-refractivity contribution in [1.29, 1.82) is 0 Å². The minimum absolute atomic E-state index is 0.101. The Balaban J connectivity index is 1.78. The van der Waals surface area contributed by atoms with Crippen LogP contribution in [0.2, 0.25) is 0 Å². The molecule has 0 unspecified atom stereocenters. The summed E-state index contributed by atoms with van der Waals surface area (Å²) in [6.07, 6.45) is 3.14.